The molecule has 1 heterocycles. The second kappa shape index (κ2) is 7.27. The van der Waals surface area contributed by atoms with Crippen LogP contribution in [0.15, 0.2) is 28.7 Å². The Morgan fingerprint density at radius 2 is 2.39 bits per heavy atom. The van der Waals surface area contributed by atoms with Crippen molar-refractivity contribution in [3.8, 4) is 0 Å². The zero-order chi connectivity index (χ0) is 12.8. The number of ether oxygens (including phenoxy) is 1. The molecule has 1 saturated heterocycles. The van der Waals surface area contributed by atoms with Crippen LogP contribution in [0.2, 0.25) is 0 Å². The molecule has 0 aromatic heterocycles. The van der Waals surface area contributed by atoms with E-state index in [9.17, 15) is 0 Å². The number of hydrogen-bond acceptors (Lipinski definition) is 2. The van der Waals surface area contributed by atoms with E-state index in [1.165, 1.54) is 18.4 Å². The topological polar surface area (TPSA) is 21.3 Å². The molecule has 2 rings (SSSR count). The van der Waals surface area contributed by atoms with Crippen LogP contribution in [0.4, 0.5) is 0 Å². The molecular formula is C15H22BrNO. The number of rotatable bonds is 5. The van der Waals surface area contributed by atoms with Crippen LogP contribution in [-0.2, 0) is 4.74 Å². The standard InChI is InChI=1S/C15H22BrNO/c1-2-8-17-15(13-6-4-9-18-11-13)12-5-3-7-14(16)10-12/h3,5,7,10,13,15,17H,2,4,6,8-9,11H2,1H3. The fourth-order valence-electron chi connectivity index (χ4n) is 2.59. The van der Waals surface area contributed by atoms with Gasteiger partial charge in [-0.15, -0.1) is 0 Å². The van der Waals surface area contributed by atoms with E-state index >= 15 is 0 Å². The Morgan fingerprint density at radius 3 is 3.06 bits per heavy atom. The van der Waals surface area contributed by atoms with Crippen molar-refractivity contribution in [1.82, 2.24) is 5.32 Å². The normalized spacial score (nSPS) is 21.8. The van der Waals surface area contributed by atoms with Crippen LogP contribution in [0.1, 0.15) is 37.8 Å². The van der Waals surface area contributed by atoms with E-state index in [0.717, 1.165) is 30.7 Å². The summed E-state index contributed by atoms with van der Waals surface area (Å²) < 4.78 is 6.80. The molecule has 3 heteroatoms. The average Bonchev–Trinajstić information content (AvgIpc) is 2.40. The molecule has 1 N–H and O–H groups in total. The van der Waals surface area contributed by atoms with Crippen molar-refractivity contribution in [3.05, 3.63) is 34.3 Å². The van der Waals surface area contributed by atoms with Crippen molar-refractivity contribution in [3.63, 3.8) is 0 Å². The minimum absolute atomic E-state index is 0.419. The Bertz CT molecular complexity index is 363. The highest BCUT2D eigenvalue weighted by atomic mass is 79.9. The largest absolute Gasteiger partial charge is 0.381 e. The average molecular weight is 312 g/mol. The lowest BCUT2D eigenvalue weighted by Gasteiger charge is -2.31. The van der Waals surface area contributed by atoms with Gasteiger partial charge >= 0.3 is 0 Å². The molecule has 0 bridgehead atoms. The Morgan fingerprint density at radius 1 is 1.50 bits per heavy atom. The lowest BCUT2D eigenvalue weighted by atomic mass is 9.88. The first-order chi connectivity index (χ1) is 8.81. The minimum Gasteiger partial charge on any atom is -0.381 e. The molecule has 1 fully saturated rings. The summed E-state index contributed by atoms with van der Waals surface area (Å²) in [4.78, 5) is 0. The van der Waals surface area contributed by atoms with Crippen molar-refractivity contribution < 1.29 is 4.74 Å². The van der Waals surface area contributed by atoms with Gasteiger partial charge in [-0.2, -0.15) is 0 Å². The van der Waals surface area contributed by atoms with Crippen LogP contribution < -0.4 is 5.32 Å². The molecule has 1 aliphatic heterocycles. The Labute approximate surface area is 118 Å². The summed E-state index contributed by atoms with van der Waals surface area (Å²) in [6.07, 6.45) is 3.61. The number of hydrogen-bond donors (Lipinski definition) is 1. The molecule has 0 radical (unpaired) electrons. The fourth-order valence-corrected chi connectivity index (χ4v) is 3.00. The number of nitrogens with one attached hydrogen (secondary N) is 1. The maximum Gasteiger partial charge on any atom is 0.0512 e. The second-order valence-corrected chi connectivity index (χ2v) is 5.88. The molecule has 0 aliphatic carbocycles. The zero-order valence-corrected chi connectivity index (χ0v) is 12.6. The molecule has 0 saturated carbocycles. The Hall–Kier alpha value is -0.380. The lowest BCUT2D eigenvalue weighted by Crippen LogP contribution is -2.33. The first kappa shape index (κ1) is 14.0. The van der Waals surface area contributed by atoms with E-state index < -0.39 is 0 Å². The minimum atomic E-state index is 0.419. The van der Waals surface area contributed by atoms with E-state index in [1.54, 1.807) is 0 Å². The maximum absolute atomic E-state index is 5.64. The van der Waals surface area contributed by atoms with Crippen LogP contribution in [0.5, 0.6) is 0 Å². The summed E-state index contributed by atoms with van der Waals surface area (Å²) in [6, 6.07) is 9.05. The molecular weight excluding hydrogens is 290 g/mol. The van der Waals surface area contributed by atoms with Gasteiger partial charge in [0, 0.05) is 23.0 Å². The van der Waals surface area contributed by atoms with Crippen molar-refractivity contribution >= 4 is 15.9 Å². The summed E-state index contributed by atoms with van der Waals surface area (Å²) in [6.45, 7) is 5.08. The summed E-state index contributed by atoms with van der Waals surface area (Å²) >= 11 is 3.56. The Balaban J connectivity index is 2.12. The smallest absolute Gasteiger partial charge is 0.0512 e. The zero-order valence-electron chi connectivity index (χ0n) is 11.0. The predicted octanol–water partition coefficient (Wildman–Crippen LogP) is 3.92. The summed E-state index contributed by atoms with van der Waals surface area (Å²) in [5, 5.41) is 3.68. The number of benzene rings is 1. The Kier molecular flexibility index (Phi) is 5.67. The van der Waals surface area contributed by atoms with Gasteiger partial charge in [-0.05, 0) is 43.5 Å². The molecule has 0 amide bonds. The van der Waals surface area contributed by atoms with Gasteiger partial charge in [0.1, 0.15) is 0 Å². The van der Waals surface area contributed by atoms with Gasteiger partial charge in [-0.3, -0.25) is 0 Å². The van der Waals surface area contributed by atoms with E-state index in [1.807, 2.05) is 0 Å². The molecule has 2 unspecified atom stereocenters. The monoisotopic (exact) mass is 311 g/mol. The third kappa shape index (κ3) is 3.81. The van der Waals surface area contributed by atoms with Gasteiger partial charge in [0.15, 0.2) is 0 Å². The molecule has 2 nitrogen and oxygen atoms in total. The fraction of sp³-hybridized carbons (Fsp3) is 0.600. The van der Waals surface area contributed by atoms with Crippen LogP contribution in [0, 0.1) is 5.92 Å². The van der Waals surface area contributed by atoms with Crippen LogP contribution in [0.3, 0.4) is 0 Å². The summed E-state index contributed by atoms with van der Waals surface area (Å²) in [5.41, 5.74) is 1.37. The summed E-state index contributed by atoms with van der Waals surface area (Å²) in [7, 11) is 0. The third-order valence-corrected chi connectivity index (χ3v) is 3.98. The predicted molar refractivity (Wildman–Crippen MR) is 78.7 cm³/mol. The molecule has 1 aliphatic rings. The van der Waals surface area contributed by atoms with Gasteiger partial charge in [0.2, 0.25) is 0 Å². The quantitative estimate of drug-likeness (QED) is 0.890. The molecule has 100 valence electrons. The highest BCUT2D eigenvalue weighted by molar-refractivity contribution is 9.10. The number of halogens is 1. The SMILES string of the molecule is CCCNC(c1cccc(Br)c1)C1CCCOC1. The van der Waals surface area contributed by atoms with Gasteiger partial charge in [-0.25, -0.2) is 0 Å². The lowest BCUT2D eigenvalue weighted by molar-refractivity contribution is 0.0390. The highest BCUT2D eigenvalue weighted by Gasteiger charge is 2.25. The van der Waals surface area contributed by atoms with Crippen molar-refractivity contribution in [1.29, 1.82) is 0 Å². The van der Waals surface area contributed by atoms with Crippen molar-refractivity contribution in [2.45, 2.75) is 32.2 Å². The van der Waals surface area contributed by atoms with Crippen molar-refractivity contribution in [2.24, 2.45) is 5.92 Å². The van der Waals surface area contributed by atoms with E-state index in [4.69, 9.17) is 4.74 Å². The van der Waals surface area contributed by atoms with Crippen LogP contribution in [-0.4, -0.2) is 19.8 Å². The molecule has 18 heavy (non-hydrogen) atoms. The van der Waals surface area contributed by atoms with Gasteiger partial charge in [0.05, 0.1) is 6.61 Å². The molecule has 1 aromatic carbocycles. The van der Waals surface area contributed by atoms with Crippen molar-refractivity contribution in [2.75, 3.05) is 19.8 Å². The van der Waals surface area contributed by atoms with Gasteiger partial charge < -0.3 is 10.1 Å². The van der Waals surface area contributed by atoms with Crippen LogP contribution in [0.25, 0.3) is 0 Å². The molecule has 2 atom stereocenters. The third-order valence-electron chi connectivity index (χ3n) is 3.49. The van der Waals surface area contributed by atoms with E-state index in [2.05, 4.69) is 52.4 Å². The molecule has 1 aromatic rings. The van der Waals surface area contributed by atoms with Crippen LogP contribution >= 0.6 is 15.9 Å². The first-order valence-electron chi connectivity index (χ1n) is 6.88. The van der Waals surface area contributed by atoms with E-state index in [-0.39, 0.29) is 0 Å². The summed E-state index contributed by atoms with van der Waals surface area (Å²) in [5.74, 6) is 0.597. The van der Waals surface area contributed by atoms with Gasteiger partial charge in [-0.1, -0.05) is 35.0 Å². The highest BCUT2D eigenvalue weighted by Crippen LogP contribution is 2.30. The first-order valence-corrected chi connectivity index (χ1v) is 7.67. The second-order valence-electron chi connectivity index (χ2n) is 4.96. The maximum atomic E-state index is 5.64. The van der Waals surface area contributed by atoms with Gasteiger partial charge in [0.25, 0.3) is 0 Å². The van der Waals surface area contributed by atoms with E-state index in [0.29, 0.717) is 12.0 Å². The molecule has 0 spiro atoms.